The summed E-state index contributed by atoms with van der Waals surface area (Å²) < 4.78 is 5.56. The zero-order valence-electron chi connectivity index (χ0n) is 19.1. The van der Waals surface area contributed by atoms with Gasteiger partial charge in [-0.3, -0.25) is 9.69 Å². The van der Waals surface area contributed by atoms with Crippen LogP contribution in [-0.2, 0) is 4.79 Å². The first-order chi connectivity index (χ1) is 15.9. The molecule has 33 heavy (non-hydrogen) atoms. The Labute approximate surface area is 194 Å². The van der Waals surface area contributed by atoms with Gasteiger partial charge in [-0.25, -0.2) is 9.78 Å². The van der Waals surface area contributed by atoms with Crippen molar-refractivity contribution in [1.29, 1.82) is 0 Å². The molecule has 3 heterocycles. The fourth-order valence-electron chi connectivity index (χ4n) is 5.58. The molecule has 0 aromatic carbocycles. The van der Waals surface area contributed by atoms with Crippen LogP contribution in [0.2, 0.25) is 0 Å². The molecular formula is C24H32N4O5. The fraction of sp³-hybridized carbons (Fsp3) is 0.625. The number of carbonyl (C=O) groups is 2. The van der Waals surface area contributed by atoms with Gasteiger partial charge in [0.1, 0.15) is 0 Å². The number of methoxy groups -OCH3 is 1. The number of nitrogens with zero attached hydrogens (tertiary/aromatic N) is 4. The van der Waals surface area contributed by atoms with Crippen LogP contribution < -0.4 is 14.5 Å². The maximum Gasteiger partial charge on any atom is 0.412 e. The van der Waals surface area contributed by atoms with Crippen molar-refractivity contribution in [3.05, 3.63) is 12.3 Å². The quantitative estimate of drug-likeness (QED) is 0.655. The Balaban J connectivity index is 1.53. The number of aliphatic hydroxyl groups excluding tert-OH is 1. The lowest BCUT2D eigenvalue weighted by Crippen LogP contribution is -2.50. The van der Waals surface area contributed by atoms with Gasteiger partial charge >= 0.3 is 6.09 Å². The molecule has 2 N–H and O–H groups in total. The van der Waals surface area contributed by atoms with E-state index >= 15 is 0 Å². The van der Waals surface area contributed by atoms with E-state index in [1.54, 1.807) is 6.07 Å². The Morgan fingerprint density at radius 2 is 2.09 bits per heavy atom. The van der Waals surface area contributed by atoms with E-state index in [9.17, 15) is 19.8 Å². The maximum absolute atomic E-state index is 13.6. The number of rotatable bonds is 5. The van der Waals surface area contributed by atoms with Gasteiger partial charge in [-0.2, -0.15) is 0 Å². The molecule has 178 valence electrons. The lowest BCUT2D eigenvalue weighted by molar-refractivity contribution is -0.139. The summed E-state index contributed by atoms with van der Waals surface area (Å²) in [6, 6.07) is 1.85. The SMILES string of the molecule is C#CCN(C(=O)O)c1cnc(N2CCCC3(CCN(C4CCC(O)CC4)C3=O)C2)c(OC)c1. The Morgan fingerprint density at radius 3 is 2.76 bits per heavy atom. The van der Waals surface area contributed by atoms with Gasteiger partial charge < -0.3 is 24.7 Å². The van der Waals surface area contributed by atoms with Crippen LogP contribution >= 0.6 is 0 Å². The van der Waals surface area contributed by atoms with Gasteiger partial charge in [0, 0.05) is 31.7 Å². The molecule has 1 atom stereocenters. The third-order valence-corrected chi connectivity index (χ3v) is 7.36. The molecule has 0 radical (unpaired) electrons. The Bertz CT molecular complexity index is 939. The lowest BCUT2D eigenvalue weighted by Gasteiger charge is -2.41. The first-order valence-electron chi connectivity index (χ1n) is 11.6. The molecule has 1 saturated carbocycles. The highest BCUT2D eigenvalue weighted by molar-refractivity contribution is 5.88. The van der Waals surface area contributed by atoms with Crippen LogP contribution in [0.15, 0.2) is 12.3 Å². The number of aromatic nitrogens is 1. The number of carbonyl (C=O) groups excluding carboxylic acids is 1. The Hall–Kier alpha value is -2.99. The number of pyridine rings is 1. The van der Waals surface area contributed by atoms with E-state index in [1.165, 1.54) is 13.3 Å². The number of hydrogen-bond donors (Lipinski definition) is 2. The van der Waals surface area contributed by atoms with Crippen molar-refractivity contribution in [1.82, 2.24) is 9.88 Å². The van der Waals surface area contributed by atoms with Crippen LogP contribution in [0.1, 0.15) is 44.9 Å². The molecule has 0 bridgehead atoms. The van der Waals surface area contributed by atoms with Crippen LogP contribution in [0.3, 0.4) is 0 Å². The van der Waals surface area contributed by atoms with Gasteiger partial charge in [0.2, 0.25) is 5.91 Å². The molecule has 4 rings (SSSR count). The number of likely N-dealkylation sites (tertiary alicyclic amines) is 1. The second kappa shape index (κ2) is 9.48. The monoisotopic (exact) mass is 456 g/mol. The highest BCUT2D eigenvalue weighted by atomic mass is 16.5. The summed E-state index contributed by atoms with van der Waals surface area (Å²) in [6.07, 6.45) is 11.2. The summed E-state index contributed by atoms with van der Waals surface area (Å²) in [4.78, 5) is 34.8. The molecule has 2 saturated heterocycles. The molecule has 2 amide bonds. The number of ether oxygens (including phenoxy) is 1. The molecule has 3 fully saturated rings. The molecule has 2 aliphatic heterocycles. The largest absolute Gasteiger partial charge is 0.493 e. The number of aliphatic hydroxyl groups is 1. The summed E-state index contributed by atoms with van der Waals surface area (Å²) in [6.45, 7) is 1.99. The summed E-state index contributed by atoms with van der Waals surface area (Å²) >= 11 is 0. The third-order valence-electron chi connectivity index (χ3n) is 7.36. The minimum absolute atomic E-state index is 0.0884. The first-order valence-corrected chi connectivity index (χ1v) is 11.6. The first kappa shape index (κ1) is 23.2. The summed E-state index contributed by atoms with van der Waals surface area (Å²) in [5, 5.41) is 19.3. The van der Waals surface area contributed by atoms with Crippen LogP contribution in [0, 0.1) is 17.8 Å². The molecule has 1 spiro atoms. The van der Waals surface area contributed by atoms with Crippen molar-refractivity contribution in [3.63, 3.8) is 0 Å². The number of anilines is 2. The van der Waals surface area contributed by atoms with Gasteiger partial charge in [0.25, 0.3) is 0 Å². The van der Waals surface area contributed by atoms with E-state index in [4.69, 9.17) is 11.2 Å². The van der Waals surface area contributed by atoms with Gasteiger partial charge in [0.15, 0.2) is 11.6 Å². The normalized spacial score (nSPS) is 27.5. The van der Waals surface area contributed by atoms with Gasteiger partial charge in [0.05, 0.1) is 37.1 Å². The molecular weight excluding hydrogens is 424 g/mol. The highest BCUT2D eigenvalue weighted by Crippen LogP contribution is 2.44. The molecule has 3 aliphatic rings. The summed E-state index contributed by atoms with van der Waals surface area (Å²) in [7, 11) is 1.52. The predicted octanol–water partition coefficient (Wildman–Crippen LogP) is 2.33. The van der Waals surface area contributed by atoms with Gasteiger partial charge in [-0.1, -0.05) is 5.92 Å². The third kappa shape index (κ3) is 4.44. The van der Waals surface area contributed by atoms with Crippen molar-refractivity contribution >= 4 is 23.5 Å². The van der Waals surface area contributed by atoms with Crippen molar-refractivity contribution < 1.29 is 24.5 Å². The van der Waals surface area contributed by atoms with E-state index in [1.807, 2.05) is 4.90 Å². The second-order valence-corrected chi connectivity index (χ2v) is 9.31. The van der Waals surface area contributed by atoms with Crippen LogP contribution in [0.4, 0.5) is 16.3 Å². The number of amides is 2. The summed E-state index contributed by atoms with van der Waals surface area (Å²) in [5.41, 5.74) is -0.0913. The standard InChI is InChI=1S/C24H32N4O5/c1-3-11-28(23(31)32)18-14-20(33-2)21(25-15-18)26-12-4-9-24(16-26)10-13-27(22(24)30)17-5-7-19(29)8-6-17/h1,14-15,17,19,29H,4-13,16H2,2H3,(H,31,32). The van der Waals surface area contributed by atoms with Crippen LogP contribution in [0.25, 0.3) is 0 Å². The zero-order valence-corrected chi connectivity index (χ0v) is 19.1. The van der Waals surface area contributed by atoms with E-state index < -0.39 is 11.5 Å². The molecule has 9 nitrogen and oxygen atoms in total. The van der Waals surface area contributed by atoms with Crippen molar-refractivity contribution in [2.45, 2.75) is 57.1 Å². The van der Waals surface area contributed by atoms with E-state index in [0.29, 0.717) is 23.8 Å². The zero-order chi connectivity index (χ0) is 23.6. The molecule has 9 heteroatoms. The predicted molar refractivity (Wildman–Crippen MR) is 123 cm³/mol. The van der Waals surface area contributed by atoms with Crippen LogP contribution in [0.5, 0.6) is 5.75 Å². The molecule has 1 aromatic rings. The van der Waals surface area contributed by atoms with Crippen molar-refractivity contribution in [3.8, 4) is 18.1 Å². The molecule has 1 aromatic heterocycles. The Morgan fingerprint density at radius 1 is 1.33 bits per heavy atom. The fourth-order valence-corrected chi connectivity index (χ4v) is 5.58. The van der Waals surface area contributed by atoms with Gasteiger partial charge in [-0.05, 0) is 44.9 Å². The minimum atomic E-state index is -1.16. The molecule has 1 aliphatic carbocycles. The lowest BCUT2D eigenvalue weighted by atomic mass is 9.78. The molecule has 1 unspecified atom stereocenters. The number of terminal acetylenes is 1. The summed E-state index contributed by atoms with van der Waals surface area (Å²) in [5.74, 6) is 3.63. The van der Waals surface area contributed by atoms with E-state index in [2.05, 4.69) is 15.8 Å². The van der Waals surface area contributed by atoms with Gasteiger partial charge in [-0.15, -0.1) is 6.42 Å². The number of piperidine rings is 1. The second-order valence-electron chi connectivity index (χ2n) is 9.31. The topological polar surface area (TPSA) is 106 Å². The number of hydrogen-bond acceptors (Lipinski definition) is 6. The van der Waals surface area contributed by atoms with E-state index in [0.717, 1.165) is 62.9 Å². The average molecular weight is 457 g/mol. The average Bonchev–Trinajstić information content (AvgIpc) is 3.12. The minimum Gasteiger partial charge on any atom is -0.493 e. The maximum atomic E-state index is 13.6. The number of carboxylic acid groups (broad SMARTS) is 1. The Kier molecular flexibility index (Phi) is 6.66. The highest BCUT2D eigenvalue weighted by Gasteiger charge is 2.51. The smallest absolute Gasteiger partial charge is 0.412 e. The van der Waals surface area contributed by atoms with Crippen molar-refractivity contribution in [2.24, 2.45) is 5.41 Å². The van der Waals surface area contributed by atoms with E-state index in [-0.39, 0.29) is 24.6 Å². The van der Waals surface area contributed by atoms with Crippen molar-refractivity contribution in [2.75, 3.05) is 43.1 Å². The van der Waals surface area contributed by atoms with Crippen LogP contribution in [-0.4, -0.2) is 77.5 Å².